The van der Waals surface area contributed by atoms with Crippen molar-refractivity contribution in [2.75, 3.05) is 24.6 Å². The number of rotatable bonds is 6. The average Bonchev–Trinajstić information content (AvgIpc) is 3.04. The summed E-state index contributed by atoms with van der Waals surface area (Å²) >= 11 is 0. The molecule has 1 aromatic heterocycles. The van der Waals surface area contributed by atoms with Crippen molar-refractivity contribution in [2.24, 2.45) is 5.92 Å². The smallest absolute Gasteiger partial charge is 0.318 e. The molecule has 1 aliphatic heterocycles. The van der Waals surface area contributed by atoms with Crippen molar-refractivity contribution in [1.29, 1.82) is 0 Å². The van der Waals surface area contributed by atoms with Crippen LogP contribution >= 0.6 is 0 Å². The Morgan fingerprint density at radius 2 is 2.22 bits per heavy atom. The van der Waals surface area contributed by atoms with Crippen LogP contribution in [-0.2, 0) is 6.42 Å². The van der Waals surface area contributed by atoms with Gasteiger partial charge in [0.15, 0.2) is 11.6 Å². The Bertz CT molecular complexity index is 632. The van der Waals surface area contributed by atoms with Crippen LogP contribution < -0.4 is 9.64 Å². The number of hydrogen-bond donors (Lipinski definition) is 0. The van der Waals surface area contributed by atoms with Gasteiger partial charge in [-0.05, 0) is 31.4 Å². The van der Waals surface area contributed by atoms with Gasteiger partial charge in [-0.2, -0.15) is 0 Å². The Balaban J connectivity index is 1.56. The van der Waals surface area contributed by atoms with Gasteiger partial charge in [-0.3, -0.25) is 0 Å². The topological polar surface area (TPSA) is 51.4 Å². The first-order chi connectivity index (χ1) is 11.3. The Morgan fingerprint density at radius 1 is 1.35 bits per heavy atom. The summed E-state index contributed by atoms with van der Waals surface area (Å²) in [6.07, 6.45) is 3.89. The molecule has 1 fully saturated rings. The van der Waals surface area contributed by atoms with Crippen LogP contribution in [0.4, 0.5) is 10.4 Å². The number of anilines is 1. The molecule has 0 bridgehead atoms. The number of hydrogen-bond acceptors (Lipinski definition) is 5. The van der Waals surface area contributed by atoms with Gasteiger partial charge in [-0.25, -0.2) is 4.39 Å². The normalized spacial score (nSPS) is 18.2. The van der Waals surface area contributed by atoms with Gasteiger partial charge in [0.1, 0.15) is 0 Å². The molecule has 0 aliphatic carbocycles. The van der Waals surface area contributed by atoms with Crippen LogP contribution in [0.25, 0.3) is 0 Å². The number of para-hydroxylation sites is 1. The van der Waals surface area contributed by atoms with Crippen LogP contribution in [0.1, 0.15) is 32.1 Å². The van der Waals surface area contributed by atoms with E-state index in [4.69, 9.17) is 9.15 Å². The van der Waals surface area contributed by atoms with E-state index in [1.807, 2.05) is 0 Å². The third-order valence-corrected chi connectivity index (χ3v) is 4.02. The number of nitrogens with zero attached hydrogens (tertiary/aromatic N) is 3. The van der Waals surface area contributed by atoms with Crippen molar-refractivity contribution >= 4 is 6.01 Å². The molecule has 1 aromatic carbocycles. The molecule has 2 heterocycles. The van der Waals surface area contributed by atoms with E-state index in [1.165, 1.54) is 6.07 Å². The van der Waals surface area contributed by atoms with E-state index < -0.39 is 0 Å². The van der Waals surface area contributed by atoms with Crippen molar-refractivity contribution in [1.82, 2.24) is 10.2 Å². The lowest BCUT2D eigenvalue weighted by atomic mass is 9.99. The van der Waals surface area contributed by atoms with Gasteiger partial charge in [0.05, 0.1) is 6.61 Å². The van der Waals surface area contributed by atoms with Crippen molar-refractivity contribution < 1.29 is 13.5 Å². The molecule has 124 valence electrons. The lowest BCUT2D eigenvalue weighted by molar-refractivity contribution is 0.218. The minimum atomic E-state index is -0.318. The summed E-state index contributed by atoms with van der Waals surface area (Å²) in [4.78, 5) is 2.10. The number of aromatic nitrogens is 2. The van der Waals surface area contributed by atoms with E-state index in [-0.39, 0.29) is 5.82 Å². The van der Waals surface area contributed by atoms with Gasteiger partial charge >= 0.3 is 6.01 Å². The molecule has 0 spiro atoms. The number of ether oxygens (including phenoxy) is 1. The SMILES string of the molecule is CCCc1nnc(N2CCCC(COc3ccccc3F)C2)o1. The molecule has 0 N–H and O–H groups in total. The molecule has 1 saturated heterocycles. The van der Waals surface area contributed by atoms with Gasteiger partial charge in [-0.1, -0.05) is 24.2 Å². The number of piperidine rings is 1. The second-order valence-corrected chi connectivity index (χ2v) is 5.92. The molecule has 2 aromatic rings. The average molecular weight is 319 g/mol. The zero-order valence-electron chi connectivity index (χ0n) is 13.4. The molecule has 1 unspecified atom stereocenters. The third-order valence-electron chi connectivity index (χ3n) is 4.02. The number of aryl methyl sites for hydroxylation is 1. The van der Waals surface area contributed by atoms with Crippen molar-refractivity contribution in [3.8, 4) is 5.75 Å². The van der Waals surface area contributed by atoms with E-state index >= 15 is 0 Å². The Hall–Kier alpha value is -2.11. The molecule has 5 nitrogen and oxygen atoms in total. The standard InChI is InChI=1S/C17H22FN3O2/c1-2-6-16-19-20-17(23-16)21-10-5-7-13(11-21)12-22-15-9-4-3-8-14(15)18/h3-4,8-9,13H,2,5-7,10-12H2,1H3. The summed E-state index contributed by atoms with van der Waals surface area (Å²) in [6.45, 7) is 4.28. The fraction of sp³-hybridized carbons (Fsp3) is 0.529. The van der Waals surface area contributed by atoms with E-state index in [9.17, 15) is 4.39 Å². The first kappa shape index (κ1) is 15.8. The molecule has 0 amide bonds. The highest BCUT2D eigenvalue weighted by molar-refractivity contribution is 5.26. The zero-order chi connectivity index (χ0) is 16.1. The highest BCUT2D eigenvalue weighted by Crippen LogP contribution is 2.24. The number of halogens is 1. The fourth-order valence-corrected chi connectivity index (χ4v) is 2.83. The summed E-state index contributed by atoms with van der Waals surface area (Å²) in [5.74, 6) is 1.01. The van der Waals surface area contributed by atoms with Crippen molar-refractivity contribution in [3.05, 3.63) is 36.0 Å². The van der Waals surface area contributed by atoms with Crippen molar-refractivity contribution in [3.63, 3.8) is 0 Å². The first-order valence-corrected chi connectivity index (χ1v) is 8.21. The second-order valence-electron chi connectivity index (χ2n) is 5.92. The van der Waals surface area contributed by atoms with Crippen LogP contribution in [0.15, 0.2) is 28.7 Å². The summed E-state index contributed by atoms with van der Waals surface area (Å²) in [7, 11) is 0. The maximum atomic E-state index is 13.6. The monoisotopic (exact) mass is 319 g/mol. The minimum absolute atomic E-state index is 0.313. The van der Waals surface area contributed by atoms with Crippen LogP contribution in [0.5, 0.6) is 5.75 Å². The first-order valence-electron chi connectivity index (χ1n) is 8.21. The third kappa shape index (κ3) is 4.00. The highest BCUT2D eigenvalue weighted by Gasteiger charge is 2.24. The molecule has 1 aliphatic rings. The molecular formula is C17H22FN3O2. The minimum Gasteiger partial charge on any atom is -0.490 e. The van der Waals surface area contributed by atoms with Gasteiger partial charge < -0.3 is 14.1 Å². The summed E-state index contributed by atoms with van der Waals surface area (Å²) in [5, 5.41) is 8.21. The van der Waals surface area contributed by atoms with Crippen LogP contribution in [0.3, 0.4) is 0 Å². The van der Waals surface area contributed by atoms with Gasteiger partial charge in [0, 0.05) is 25.4 Å². The van der Waals surface area contributed by atoms with Gasteiger partial charge in [0.25, 0.3) is 0 Å². The summed E-state index contributed by atoms with van der Waals surface area (Å²) in [5.41, 5.74) is 0. The Kier molecular flexibility index (Phi) is 5.10. The number of benzene rings is 1. The van der Waals surface area contributed by atoms with E-state index in [0.29, 0.717) is 30.2 Å². The maximum absolute atomic E-state index is 13.6. The quantitative estimate of drug-likeness (QED) is 0.816. The summed E-state index contributed by atoms with van der Waals surface area (Å²) < 4.78 is 24.9. The van der Waals surface area contributed by atoms with Crippen molar-refractivity contribution in [2.45, 2.75) is 32.6 Å². The molecule has 0 saturated carbocycles. The van der Waals surface area contributed by atoms with Crippen LogP contribution in [-0.4, -0.2) is 29.9 Å². The molecule has 23 heavy (non-hydrogen) atoms. The molecule has 0 radical (unpaired) electrons. The van der Waals surface area contributed by atoms with E-state index in [0.717, 1.165) is 38.8 Å². The lowest BCUT2D eigenvalue weighted by Gasteiger charge is -2.31. The largest absolute Gasteiger partial charge is 0.490 e. The predicted octanol–water partition coefficient (Wildman–Crippen LogP) is 3.46. The van der Waals surface area contributed by atoms with Crippen LogP contribution in [0.2, 0.25) is 0 Å². The van der Waals surface area contributed by atoms with Gasteiger partial charge in [0.2, 0.25) is 5.89 Å². The van der Waals surface area contributed by atoms with Gasteiger partial charge in [-0.15, -0.1) is 5.10 Å². The Labute approximate surface area is 135 Å². The molecule has 1 atom stereocenters. The van der Waals surface area contributed by atoms with Crippen LogP contribution in [0, 0.1) is 11.7 Å². The molecular weight excluding hydrogens is 297 g/mol. The molecule has 3 rings (SSSR count). The second kappa shape index (κ2) is 7.44. The zero-order valence-corrected chi connectivity index (χ0v) is 13.4. The fourth-order valence-electron chi connectivity index (χ4n) is 2.83. The van der Waals surface area contributed by atoms with E-state index in [2.05, 4.69) is 22.0 Å². The van der Waals surface area contributed by atoms with E-state index in [1.54, 1.807) is 18.2 Å². The Morgan fingerprint density at radius 3 is 3.04 bits per heavy atom. The maximum Gasteiger partial charge on any atom is 0.318 e. The molecule has 6 heteroatoms. The lowest BCUT2D eigenvalue weighted by Crippen LogP contribution is -2.38. The highest BCUT2D eigenvalue weighted by atomic mass is 19.1. The summed E-state index contributed by atoms with van der Waals surface area (Å²) in [6, 6.07) is 7.10. The predicted molar refractivity (Wildman–Crippen MR) is 85.1 cm³/mol.